The van der Waals surface area contributed by atoms with E-state index in [1.165, 1.54) is 11.0 Å². The molecule has 10 nitrogen and oxygen atoms in total. The molecule has 0 saturated carbocycles. The Bertz CT molecular complexity index is 1030. The molecular formula is C31H49N3O7S. The summed E-state index contributed by atoms with van der Waals surface area (Å²) in [6, 6.07) is -0.109. The van der Waals surface area contributed by atoms with E-state index in [9.17, 15) is 14.4 Å². The van der Waals surface area contributed by atoms with Crippen molar-refractivity contribution in [2.45, 2.75) is 102 Å². The highest BCUT2D eigenvalue weighted by molar-refractivity contribution is 7.98. The minimum Gasteiger partial charge on any atom is -0.442 e. The zero-order chi connectivity index (χ0) is 30.9. The minimum absolute atomic E-state index is 0.0450. The molecular weight excluding hydrogens is 558 g/mol. The first-order valence-electron chi connectivity index (χ1n) is 14.9. The third kappa shape index (κ3) is 11.1. The van der Waals surface area contributed by atoms with Crippen LogP contribution in [-0.4, -0.2) is 97.2 Å². The summed E-state index contributed by atoms with van der Waals surface area (Å²) in [5.41, 5.74) is 6.33. The first-order chi connectivity index (χ1) is 19.9. The predicted molar refractivity (Wildman–Crippen MR) is 164 cm³/mol. The van der Waals surface area contributed by atoms with Crippen LogP contribution in [0.1, 0.15) is 59.8 Å². The Labute approximate surface area is 254 Å². The third-order valence-electron chi connectivity index (χ3n) is 8.06. The molecule has 1 spiro atoms. The first-order valence-corrected chi connectivity index (χ1v) is 16.3. The second-order valence-electron chi connectivity index (χ2n) is 12.0. The van der Waals surface area contributed by atoms with Gasteiger partial charge < -0.3 is 34.9 Å². The van der Waals surface area contributed by atoms with Gasteiger partial charge in [-0.25, -0.2) is 4.79 Å². The van der Waals surface area contributed by atoms with Gasteiger partial charge in [-0.1, -0.05) is 30.7 Å². The van der Waals surface area contributed by atoms with Gasteiger partial charge in [0.05, 0.1) is 49.1 Å². The Kier molecular flexibility index (Phi) is 13.0. The van der Waals surface area contributed by atoms with Crippen molar-refractivity contribution in [1.29, 1.82) is 0 Å². The molecule has 0 aromatic carbocycles. The van der Waals surface area contributed by atoms with Crippen molar-refractivity contribution in [1.82, 2.24) is 10.2 Å². The number of carbonyl (C=O) groups is 3. The number of hydrogen-bond acceptors (Lipinski definition) is 8. The summed E-state index contributed by atoms with van der Waals surface area (Å²) in [6.07, 6.45) is 13.2. The van der Waals surface area contributed by atoms with Gasteiger partial charge in [-0.15, -0.1) is 0 Å². The molecule has 8 atom stereocenters. The van der Waals surface area contributed by atoms with Gasteiger partial charge >= 0.3 is 6.09 Å². The number of nitrogens with two attached hydrogens (primary N) is 1. The molecule has 3 fully saturated rings. The molecule has 3 aliphatic rings. The van der Waals surface area contributed by atoms with Crippen LogP contribution in [-0.2, 0) is 28.5 Å². The van der Waals surface area contributed by atoms with Crippen LogP contribution in [0.2, 0.25) is 0 Å². The standard InChI is InChI=1S/C31H49N3O7S/c1-20(7-10-24-17-31(19-38-31)18-25(41-24)16-28(32)35)8-11-27-21(2)15-26(23(4)40-27)33-29(36)12-9-22(3)39-30(37)34(5)13-14-42-6/h7-10,12,21-27H,11,13-19H2,1-6H3,(H2,32,35)(H,33,36)/b10-7+,12-9-,20-8+/t21-,22-,23+,24+,25+,26+,27-,31?/m0/s1. The van der Waals surface area contributed by atoms with Crippen LogP contribution in [0.3, 0.4) is 0 Å². The summed E-state index contributed by atoms with van der Waals surface area (Å²) in [7, 11) is 1.70. The van der Waals surface area contributed by atoms with E-state index >= 15 is 0 Å². The largest absolute Gasteiger partial charge is 0.442 e. The number of nitrogens with zero attached hydrogens (tertiary/aromatic N) is 1. The van der Waals surface area contributed by atoms with Gasteiger partial charge in [0.2, 0.25) is 11.8 Å². The van der Waals surface area contributed by atoms with Gasteiger partial charge in [-0.05, 0) is 51.9 Å². The number of allylic oxidation sites excluding steroid dienone is 2. The first kappa shape index (κ1) is 34.2. The summed E-state index contributed by atoms with van der Waals surface area (Å²) in [5.74, 6) is 0.494. The van der Waals surface area contributed by atoms with Gasteiger partial charge in [-0.3, -0.25) is 9.59 Å². The number of ether oxygens (including phenoxy) is 4. The van der Waals surface area contributed by atoms with Gasteiger partial charge in [0, 0.05) is 38.3 Å². The molecule has 0 radical (unpaired) electrons. The van der Waals surface area contributed by atoms with E-state index in [0.717, 1.165) is 30.6 Å². The fraction of sp³-hybridized carbons (Fsp3) is 0.710. The zero-order valence-corrected chi connectivity index (χ0v) is 26.7. The Morgan fingerprint density at radius 3 is 2.62 bits per heavy atom. The van der Waals surface area contributed by atoms with Crippen molar-refractivity contribution in [3.8, 4) is 0 Å². The zero-order valence-electron chi connectivity index (χ0n) is 25.9. The maximum absolute atomic E-state index is 12.6. The molecule has 1 unspecified atom stereocenters. The number of carbonyl (C=O) groups excluding carboxylic acids is 3. The molecule has 3 N–H and O–H groups in total. The van der Waals surface area contributed by atoms with Crippen LogP contribution in [0.15, 0.2) is 36.0 Å². The van der Waals surface area contributed by atoms with Crippen LogP contribution in [0.4, 0.5) is 4.79 Å². The van der Waals surface area contributed by atoms with Crippen molar-refractivity contribution in [2.24, 2.45) is 11.7 Å². The number of amides is 3. The quantitative estimate of drug-likeness (QED) is 0.184. The Hall–Kier alpha value is -2.34. The normalized spacial score (nSPS) is 32.2. The highest BCUT2D eigenvalue weighted by Gasteiger charge is 2.51. The SMILES string of the molecule is CSCCN(C)C(=O)O[C@@H](C)/C=C\C(=O)N[C@@H]1C[C@H](C)[C@H](C/C=C(C)/C=C/[C@@H]2CC3(CO3)C[C@@H](CC(N)=O)O2)O[C@@H]1C. The molecule has 11 heteroatoms. The maximum Gasteiger partial charge on any atom is 0.410 e. The summed E-state index contributed by atoms with van der Waals surface area (Å²) in [6.45, 7) is 9.22. The Morgan fingerprint density at radius 1 is 1.21 bits per heavy atom. The number of thioether (sulfide) groups is 1. The summed E-state index contributed by atoms with van der Waals surface area (Å²) >= 11 is 1.66. The highest BCUT2D eigenvalue weighted by Crippen LogP contribution is 2.43. The lowest BCUT2D eigenvalue weighted by molar-refractivity contribution is -0.125. The van der Waals surface area contributed by atoms with E-state index in [1.807, 2.05) is 19.3 Å². The predicted octanol–water partition coefficient (Wildman–Crippen LogP) is 3.75. The van der Waals surface area contributed by atoms with Crippen molar-refractivity contribution >= 4 is 29.7 Å². The van der Waals surface area contributed by atoms with E-state index in [-0.39, 0.29) is 60.2 Å². The van der Waals surface area contributed by atoms with E-state index in [4.69, 9.17) is 24.7 Å². The molecule has 3 saturated heterocycles. The number of primary amides is 1. The van der Waals surface area contributed by atoms with Crippen molar-refractivity contribution < 1.29 is 33.3 Å². The Balaban J connectivity index is 1.43. The van der Waals surface area contributed by atoms with Crippen LogP contribution in [0.25, 0.3) is 0 Å². The third-order valence-corrected chi connectivity index (χ3v) is 8.65. The monoisotopic (exact) mass is 607 g/mol. The van der Waals surface area contributed by atoms with Gasteiger partial charge in [0.15, 0.2) is 0 Å². The van der Waals surface area contributed by atoms with Crippen molar-refractivity contribution in [3.63, 3.8) is 0 Å². The number of epoxide rings is 1. The average Bonchev–Trinajstić information content (AvgIpc) is 3.67. The van der Waals surface area contributed by atoms with Gasteiger partial charge in [-0.2, -0.15) is 11.8 Å². The lowest BCUT2D eigenvalue weighted by Crippen LogP contribution is -2.50. The topological polar surface area (TPSA) is 133 Å². The molecule has 3 amide bonds. The van der Waals surface area contributed by atoms with Gasteiger partial charge in [0.25, 0.3) is 0 Å². The van der Waals surface area contributed by atoms with Gasteiger partial charge in [0.1, 0.15) is 6.10 Å². The minimum atomic E-state index is -0.517. The van der Waals surface area contributed by atoms with Crippen molar-refractivity contribution in [2.75, 3.05) is 32.2 Å². The van der Waals surface area contributed by atoms with E-state index in [1.54, 1.807) is 31.8 Å². The summed E-state index contributed by atoms with van der Waals surface area (Å²) < 4.78 is 23.4. The maximum atomic E-state index is 12.6. The molecule has 3 heterocycles. The van der Waals surface area contributed by atoms with Crippen LogP contribution < -0.4 is 11.1 Å². The molecule has 0 aromatic rings. The van der Waals surface area contributed by atoms with E-state index in [2.05, 4.69) is 31.3 Å². The fourth-order valence-corrected chi connectivity index (χ4v) is 5.86. The molecule has 3 rings (SSSR count). The second kappa shape index (κ2) is 15.9. The van der Waals surface area contributed by atoms with Crippen LogP contribution >= 0.6 is 11.8 Å². The fourth-order valence-electron chi connectivity index (χ4n) is 5.41. The Morgan fingerprint density at radius 2 is 1.95 bits per heavy atom. The molecule has 3 aliphatic heterocycles. The summed E-state index contributed by atoms with van der Waals surface area (Å²) in [4.78, 5) is 37.6. The van der Waals surface area contributed by atoms with E-state index < -0.39 is 12.2 Å². The van der Waals surface area contributed by atoms with Crippen LogP contribution in [0, 0.1) is 5.92 Å². The van der Waals surface area contributed by atoms with Crippen molar-refractivity contribution in [3.05, 3.63) is 36.0 Å². The molecule has 236 valence electrons. The van der Waals surface area contributed by atoms with Crippen LogP contribution in [0.5, 0.6) is 0 Å². The smallest absolute Gasteiger partial charge is 0.410 e. The lowest BCUT2D eigenvalue weighted by Gasteiger charge is -2.39. The second-order valence-corrected chi connectivity index (χ2v) is 12.9. The van der Waals surface area contributed by atoms with E-state index in [0.29, 0.717) is 19.6 Å². The number of nitrogens with one attached hydrogen (secondary N) is 1. The number of hydrogen-bond donors (Lipinski definition) is 2. The molecule has 0 aromatic heterocycles. The summed E-state index contributed by atoms with van der Waals surface area (Å²) in [5, 5.41) is 3.04. The molecule has 0 aliphatic carbocycles. The highest BCUT2D eigenvalue weighted by atomic mass is 32.2. The molecule has 0 bridgehead atoms. The average molecular weight is 608 g/mol. The number of rotatable bonds is 13. The molecule has 42 heavy (non-hydrogen) atoms. The lowest BCUT2D eigenvalue weighted by atomic mass is 9.88.